The van der Waals surface area contributed by atoms with Crippen molar-refractivity contribution in [3.8, 4) is 17.2 Å². The number of halogens is 3. The standard InChI is InChI=1S/2C15H19FO3.C15H17FO3.3CH4/c3*1-15(2)6-4-5-11(15)9-7-10(14(18)19-3)12(16)8-13(9)17;;;/h2*7-8,11,17H,4-6H2,1-3H3;5,7-8,17H,4,6H2,1-3H3;3*1H4/t2*11-;;;;/m10..../s1. The minimum Gasteiger partial charge on any atom is -0.508 e. The first-order valence-electron chi connectivity index (χ1n) is 19.1. The van der Waals surface area contributed by atoms with Crippen LogP contribution in [0.2, 0.25) is 0 Å². The summed E-state index contributed by atoms with van der Waals surface area (Å²) >= 11 is 0. The van der Waals surface area contributed by atoms with E-state index in [0.717, 1.165) is 75.1 Å². The lowest BCUT2D eigenvalue weighted by molar-refractivity contribution is 0.0586. The normalized spacial score (nSPS) is 19.0. The van der Waals surface area contributed by atoms with Crippen LogP contribution in [0.5, 0.6) is 17.2 Å². The molecule has 0 aromatic heterocycles. The maximum atomic E-state index is 13.7. The van der Waals surface area contributed by atoms with Crippen LogP contribution in [0.1, 0.15) is 175 Å². The third-order valence-electron chi connectivity index (χ3n) is 11.9. The van der Waals surface area contributed by atoms with Crippen molar-refractivity contribution >= 4 is 23.5 Å². The van der Waals surface area contributed by atoms with Crippen molar-refractivity contribution in [2.24, 2.45) is 16.2 Å². The number of allylic oxidation sites excluding steroid dienone is 2. The molecule has 3 N–H and O–H groups in total. The molecular weight excluding hydrogens is 778 g/mol. The van der Waals surface area contributed by atoms with Gasteiger partial charge in [0.05, 0.1) is 38.0 Å². The number of phenols is 3. The zero-order chi connectivity index (χ0) is 42.6. The van der Waals surface area contributed by atoms with E-state index in [2.05, 4.69) is 55.8 Å². The largest absolute Gasteiger partial charge is 0.508 e. The molecule has 0 heterocycles. The highest BCUT2D eigenvalue weighted by molar-refractivity contribution is 5.92. The Hall–Kier alpha value is -5.00. The molecule has 0 bridgehead atoms. The second kappa shape index (κ2) is 21.0. The van der Waals surface area contributed by atoms with Crippen molar-refractivity contribution < 1.29 is 57.1 Å². The van der Waals surface area contributed by atoms with E-state index in [-0.39, 0.29) is 84.3 Å². The summed E-state index contributed by atoms with van der Waals surface area (Å²) in [5.41, 5.74) is 2.34. The lowest BCUT2D eigenvalue weighted by Crippen LogP contribution is -2.16. The number of rotatable bonds is 6. The van der Waals surface area contributed by atoms with Gasteiger partial charge in [0.2, 0.25) is 0 Å². The smallest absolute Gasteiger partial charge is 0.340 e. The van der Waals surface area contributed by atoms with Gasteiger partial charge in [-0.25, -0.2) is 27.6 Å². The van der Waals surface area contributed by atoms with Gasteiger partial charge in [0, 0.05) is 23.8 Å². The number of hydrogen-bond acceptors (Lipinski definition) is 9. The van der Waals surface area contributed by atoms with Crippen molar-refractivity contribution in [1.29, 1.82) is 0 Å². The van der Waals surface area contributed by atoms with Crippen LogP contribution >= 0.6 is 0 Å². The number of benzene rings is 3. The molecule has 0 aliphatic heterocycles. The number of carbonyl (C=O) groups excluding carboxylic acids is 3. The Bertz CT molecular complexity index is 1940. The zero-order valence-corrected chi connectivity index (χ0v) is 34.3. The molecule has 0 spiro atoms. The summed E-state index contributed by atoms with van der Waals surface area (Å²) in [6.07, 6.45) is 10.0. The van der Waals surface area contributed by atoms with Crippen LogP contribution in [0.25, 0.3) is 5.57 Å². The minimum absolute atomic E-state index is 0. The highest BCUT2D eigenvalue weighted by atomic mass is 19.1. The molecule has 2 fully saturated rings. The average molecular weight is 845 g/mol. The minimum atomic E-state index is -0.774. The van der Waals surface area contributed by atoms with Gasteiger partial charge in [0.15, 0.2) is 0 Å². The number of phenolic OH excluding ortho intramolecular Hbond substituents is 3. The number of hydrogen-bond donors (Lipinski definition) is 3. The molecule has 60 heavy (non-hydrogen) atoms. The predicted molar refractivity (Wildman–Crippen MR) is 230 cm³/mol. The van der Waals surface area contributed by atoms with Gasteiger partial charge < -0.3 is 29.5 Å². The molecule has 2 atom stereocenters. The fraction of sp³-hybridized carbons (Fsp3) is 0.521. The Morgan fingerprint density at radius 3 is 1.22 bits per heavy atom. The van der Waals surface area contributed by atoms with Gasteiger partial charge >= 0.3 is 17.9 Å². The molecular formula is C48H67F3O9. The summed E-state index contributed by atoms with van der Waals surface area (Å²) < 4.78 is 54.7. The molecule has 3 aliphatic carbocycles. The second-order valence-electron chi connectivity index (χ2n) is 17.0. The summed E-state index contributed by atoms with van der Waals surface area (Å²) in [5, 5.41) is 29.9. The van der Waals surface area contributed by atoms with E-state index in [0.29, 0.717) is 16.7 Å². The van der Waals surface area contributed by atoms with E-state index < -0.39 is 35.4 Å². The highest BCUT2D eigenvalue weighted by Crippen LogP contribution is 2.52. The summed E-state index contributed by atoms with van der Waals surface area (Å²) in [6.45, 7) is 12.6. The van der Waals surface area contributed by atoms with Crippen molar-refractivity contribution in [1.82, 2.24) is 0 Å². The predicted octanol–water partition coefficient (Wildman–Crippen LogP) is 12.7. The van der Waals surface area contributed by atoms with E-state index >= 15 is 0 Å². The lowest BCUT2D eigenvalue weighted by Gasteiger charge is -2.28. The van der Waals surface area contributed by atoms with E-state index in [1.165, 1.54) is 39.5 Å². The van der Waals surface area contributed by atoms with Crippen LogP contribution < -0.4 is 0 Å². The van der Waals surface area contributed by atoms with Gasteiger partial charge in [-0.05, 0) is 102 Å². The summed E-state index contributed by atoms with van der Waals surface area (Å²) in [7, 11) is 3.63. The van der Waals surface area contributed by atoms with Crippen LogP contribution in [0.4, 0.5) is 13.2 Å². The van der Waals surface area contributed by atoms with Crippen molar-refractivity contribution in [3.05, 3.63) is 93.3 Å². The molecule has 0 saturated heterocycles. The van der Waals surface area contributed by atoms with Crippen LogP contribution in [0, 0.1) is 33.7 Å². The molecule has 334 valence electrons. The quantitative estimate of drug-likeness (QED) is 0.163. The highest BCUT2D eigenvalue weighted by Gasteiger charge is 2.39. The van der Waals surface area contributed by atoms with Crippen LogP contribution in [-0.2, 0) is 14.2 Å². The van der Waals surface area contributed by atoms with Crippen LogP contribution in [0.3, 0.4) is 0 Å². The SMILES string of the molecule is C.C.C.COC(=O)c1cc(C2=CCCC2(C)C)c(O)cc1F.COC(=O)c1cc([C@@H]2CCCC2(C)C)c(O)cc1F.COC(=O)c1cc([C@H]2CCCC2(C)C)c(O)cc1F. The zero-order valence-electron chi connectivity index (χ0n) is 34.3. The lowest BCUT2D eigenvalue weighted by atomic mass is 9.77. The molecule has 2 saturated carbocycles. The van der Waals surface area contributed by atoms with E-state index in [1.54, 1.807) is 0 Å². The maximum Gasteiger partial charge on any atom is 0.340 e. The van der Waals surface area contributed by atoms with E-state index in [4.69, 9.17) is 0 Å². The fourth-order valence-corrected chi connectivity index (χ4v) is 8.56. The van der Waals surface area contributed by atoms with E-state index in [9.17, 15) is 42.9 Å². The summed E-state index contributed by atoms with van der Waals surface area (Å²) in [6, 6.07) is 7.24. The van der Waals surface area contributed by atoms with Crippen molar-refractivity contribution in [2.45, 2.75) is 127 Å². The average Bonchev–Trinajstić information content (AvgIpc) is 3.81. The summed E-state index contributed by atoms with van der Waals surface area (Å²) in [5.74, 6) is -4.47. The number of carbonyl (C=O) groups is 3. The molecule has 3 aromatic carbocycles. The number of ether oxygens (including phenoxy) is 3. The van der Waals surface area contributed by atoms with Crippen molar-refractivity contribution in [3.63, 3.8) is 0 Å². The van der Waals surface area contributed by atoms with Gasteiger partial charge in [-0.3, -0.25) is 0 Å². The maximum absolute atomic E-state index is 13.7. The Labute approximate surface area is 355 Å². The fourth-order valence-electron chi connectivity index (χ4n) is 8.56. The molecule has 9 nitrogen and oxygen atoms in total. The van der Waals surface area contributed by atoms with Crippen LogP contribution in [-0.4, -0.2) is 54.6 Å². The van der Waals surface area contributed by atoms with Gasteiger partial charge in [0.25, 0.3) is 0 Å². The Balaban J connectivity index is 0.000000439. The summed E-state index contributed by atoms with van der Waals surface area (Å²) in [4.78, 5) is 34.6. The van der Waals surface area contributed by atoms with Gasteiger partial charge in [-0.1, -0.05) is 82.7 Å². The van der Waals surface area contributed by atoms with Gasteiger partial charge in [-0.15, -0.1) is 0 Å². The van der Waals surface area contributed by atoms with E-state index in [1.807, 2.05) is 6.08 Å². The molecule has 0 amide bonds. The Kier molecular flexibility index (Phi) is 18.6. The number of aromatic hydroxyl groups is 3. The molecule has 3 aromatic rings. The van der Waals surface area contributed by atoms with Gasteiger partial charge in [0.1, 0.15) is 34.7 Å². The number of methoxy groups -OCH3 is 3. The third-order valence-corrected chi connectivity index (χ3v) is 11.9. The molecule has 0 unspecified atom stereocenters. The molecule has 6 rings (SSSR count). The third kappa shape index (κ3) is 11.4. The monoisotopic (exact) mass is 844 g/mol. The first-order valence-corrected chi connectivity index (χ1v) is 19.1. The van der Waals surface area contributed by atoms with Gasteiger partial charge in [-0.2, -0.15) is 0 Å². The Morgan fingerprint density at radius 2 is 0.917 bits per heavy atom. The number of esters is 3. The second-order valence-corrected chi connectivity index (χ2v) is 17.0. The molecule has 0 radical (unpaired) electrons. The Morgan fingerprint density at radius 1 is 0.567 bits per heavy atom. The molecule has 12 heteroatoms. The first kappa shape index (κ1) is 53.0. The van der Waals surface area contributed by atoms with Crippen LogP contribution in [0.15, 0.2) is 42.5 Å². The topological polar surface area (TPSA) is 140 Å². The first-order chi connectivity index (χ1) is 26.6. The molecule has 3 aliphatic rings. The van der Waals surface area contributed by atoms with Crippen molar-refractivity contribution in [2.75, 3.05) is 21.3 Å².